The van der Waals surface area contributed by atoms with Gasteiger partial charge in [0.1, 0.15) is 0 Å². The molecular formula is C24H29N3O3S3. The standard InChI is InChI=1S/C24H29N3O3S3/c1-16-11-17(2)20(18(3)12-16)14-25-23(28)15-31-24-26-21-8-7-19(13-22(21)32-24)33(29,30)27-9-5-4-6-10-27/h7-8,11-13H,4-6,9-10,14-15H2,1-3H3,(H,25,28). The Morgan fingerprint density at radius 2 is 1.79 bits per heavy atom. The first-order valence-corrected chi connectivity index (χ1v) is 14.4. The zero-order valence-electron chi connectivity index (χ0n) is 19.2. The molecule has 1 aliphatic rings. The molecule has 1 aliphatic heterocycles. The van der Waals surface area contributed by atoms with E-state index in [2.05, 4.69) is 43.2 Å². The van der Waals surface area contributed by atoms with E-state index in [0.29, 0.717) is 24.5 Å². The molecular weight excluding hydrogens is 474 g/mol. The average Bonchev–Trinajstić information content (AvgIpc) is 3.20. The second-order valence-corrected chi connectivity index (χ2v) is 12.7. The van der Waals surface area contributed by atoms with E-state index in [1.165, 1.54) is 39.8 Å². The van der Waals surface area contributed by atoms with Gasteiger partial charge >= 0.3 is 0 Å². The maximum absolute atomic E-state index is 13.0. The fourth-order valence-corrected chi connectivity index (χ4v) is 7.77. The fraction of sp³-hybridized carbons (Fsp3) is 0.417. The largest absolute Gasteiger partial charge is 0.351 e. The number of hydrogen-bond donors (Lipinski definition) is 1. The number of amides is 1. The monoisotopic (exact) mass is 503 g/mol. The molecule has 9 heteroatoms. The zero-order valence-corrected chi connectivity index (χ0v) is 21.6. The van der Waals surface area contributed by atoms with Crippen molar-refractivity contribution in [2.24, 2.45) is 0 Å². The van der Waals surface area contributed by atoms with Crippen molar-refractivity contribution in [2.75, 3.05) is 18.8 Å². The Balaban J connectivity index is 1.39. The van der Waals surface area contributed by atoms with E-state index >= 15 is 0 Å². The molecule has 1 aromatic heterocycles. The Kier molecular flexibility index (Phi) is 7.43. The fourth-order valence-electron chi connectivity index (χ4n) is 4.21. The minimum absolute atomic E-state index is 0.0491. The predicted molar refractivity (Wildman–Crippen MR) is 135 cm³/mol. The predicted octanol–water partition coefficient (Wildman–Crippen LogP) is 4.80. The summed E-state index contributed by atoms with van der Waals surface area (Å²) in [7, 11) is -3.47. The van der Waals surface area contributed by atoms with E-state index in [1.807, 2.05) is 0 Å². The third kappa shape index (κ3) is 5.59. The summed E-state index contributed by atoms with van der Waals surface area (Å²) in [6.07, 6.45) is 2.90. The summed E-state index contributed by atoms with van der Waals surface area (Å²) in [6, 6.07) is 9.37. The van der Waals surface area contributed by atoms with Gasteiger partial charge in [0.25, 0.3) is 0 Å². The van der Waals surface area contributed by atoms with E-state index in [0.717, 1.165) is 39.4 Å². The van der Waals surface area contributed by atoms with Crippen LogP contribution >= 0.6 is 23.1 Å². The van der Waals surface area contributed by atoms with Crippen LogP contribution in [-0.2, 0) is 21.4 Å². The van der Waals surface area contributed by atoms with Crippen LogP contribution in [0.3, 0.4) is 0 Å². The summed E-state index contributed by atoms with van der Waals surface area (Å²) in [6.45, 7) is 7.88. The minimum Gasteiger partial charge on any atom is -0.351 e. The number of thiazole rings is 1. The highest BCUT2D eigenvalue weighted by Gasteiger charge is 2.26. The zero-order chi connectivity index (χ0) is 23.6. The molecule has 0 atom stereocenters. The lowest BCUT2D eigenvalue weighted by Gasteiger charge is -2.25. The van der Waals surface area contributed by atoms with Crippen molar-refractivity contribution in [3.63, 3.8) is 0 Å². The molecule has 4 rings (SSSR count). The molecule has 0 bridgehead atoms. The van der Waals surface area contributed by atoms with E-state index in [1.54, 1.807) is 22.5 Å². The lowest BCUT2D eigenvalue weighted by molar-refractivity contribution is -0.118. The van der Waals surface area contributed by atoms with Crippen molar-refractivity contribution < 1.29 is 13.2 Å². The number of hydrogen-bond acceptors (Lipinski definition) is 6. The number of thioether (sulfide) groups is 1. The first-order valence-electron chi connectivity index (χ1n) is 11.1. The van der Waals surface area contributed by atoms with Crippen molar-refractivity contribution in [1.29, 1.82) is 0 Å². The first-order chi connectivity index (χ1) is 15.7. The van der Waals surface area contributed by atoms with Gasteiger partial charge in [-0.25, -0.2) is 13.4 Å². The van der Waals surface area contributed by atoms with Gasteiger partial charge in [-0.15, -0.1) is 11.3 Å². The summed E-state index contributed by atoms with van der Waals surface area (Å²) in [5.74, 6) is 0.218. The number of carbonyl (C=O) groups excluding carboxylic acids is 1. The highest BCUT2D eigenvalue weighted by Crippen LogP contribution is 2.32. The number of nitrogens with one attached hydrogen (secondary N) is 1. The molecule has 0 aliphatic carbocycles. The van der Waals surface area contributed by atoms with Crippen LogP contribution in [0, 0.1) is 20.8 Å². The summed E-state index contributed by atoms with van der Waals surface area (Å²) in [5, 5.41) is 3.00. The first kappa shape index (κ1) is 24.2. The SMILES string of the molecule is Cc1cc(C)c(CNC(=O)CSc2nc3ccc(S(=O)(=O)N4CCCCC4)cc3s2)c(C)c1. The Morgan fingerprint density at radius 1 is 1.09 bits per heavy atom. The van der Waals surface area contributed by atoms with Crippen LogP contribution in [0.1, 0.15) is 41.5 Å². The summed E-state index contributed by atoms with van der Waals surface area (Å²) >= 11 is 2.80. The number of fused-ring (bicyclic) bond motifs is 1. The number of piperidine rings is 1. The average molecular weight is 504 g/mol. The van der Waals surface area contributed by atoms with Crippen molar-refractivity contribution in [2.45, 2.75) is 55.8 Å². The van der Waals surface area contributed by atoms with Gasteiger partial charge in [0.2, 0.25) is 15.9 Å². The second-order valence-electron chi connectivity index (χ2n) is 8.52. The van der Waals surface area contributed by atoms with Crippen LogP contribution in [0.4, 0.5) is 0 Å². The molecule has 0 unspecified atom stereocenters. The minimum atomic E-state index is -3.47. The van der Waals surface area contributed by atoms with Crippen molar-refractivity contribution >= 4 is 49.2 Å². The molecule has 1 amide bonds. The van der Waals surface area contributed by atoms with Crippen molar-refractivity contribution in [3.05, 3.63) is 52.6 Å². The van der Waals surface area contributed by atoms with Gasteiger partial charge in [0, 0.05) is 19.6 Å². The molecule has 6 nitrogen and oxygen atoms in total. The summed E-state index contributed by atoms with van der Waals surface area (Å²) in [5.41, 5.74) is 5.50. The van der Waals surface area contributed by atoms with Gasteiger partial charge in [-0.2, -0.15) is 4.31 Å². The molecule has 3 aromatic rings. The summed E-state index contributed by atoms with van der Waals surface area (Å²) in [4.78, 5) is 17.3. The van der Waals surface area contributed by atoms with E-state index in [9.17, 15) is 13.2 Å². The molecule has 176 valence electrons. The van der Waals surface area contributed by atoms with E-state index in [4.69, 9.17) is 0 Å². The Morgan fingerprint density at radius 3 is 2.48 bits per heavy atom. The third-order valence-electron chi connectivity index (χ3n) is 5.92. The van der Waals surface area contributed by atoms with Gasteiger partial charge in [-0.1, -0.05) is 35.9 Å². The number of sulfonamides is 1. The van der Waals surface area contributed by atoms with Gasteiger partial charge in [0.15, 0.2) is 4.34 Å². The number of benzene rings is 2. The normalized spacial score (nSPS) is 15.1. The molecule has 1 fully saturated rings. The number of rotatable bonds is 7. The van der Waals surface area contributed by atoms with Crippen LogP contribution < -0.4 is 5.32 Å². The molecule has 1 saturated heterocycles. The van der Waals surface area contributed by atoms with Crippen LogP contribution in [0.2, 0.25) is 0 Å². The van der Waals surface area contributed by atoms with Gasteiger partial charge in [-0.3, -0.25) is 4.79 Å². The Labute approximate surface area is 203 Å². The molecule has 0 saturated carbocycles. The van der Waals surface area contributed by atoms with E-state index in [-0.39, 0.29) is 11.7 Å². The number of aryl methyl sites for hydroxylation is 3. The maximum atomic E-state index is 13.0. The highest BCUT2D eigenvalue weighted by molar-refractivity contribution is 8.01. The van der Waals surface area contributed by atoms with Gasteiger partial charge in [0.05, 0.1) is 20.9 Å². The lowest BCUT2D eigenvalue weighted by Crippen LogP contribution is -2.35. The van der Waals surface area contributed by atoms with Crippen LogP contribution in [0.25, 0.3) is 10.2 Å². The molecule has 2 heterocycles. The molecule has 1 N–H and O–H groups in total. The third-order valence-corrected chi connectivity index (χ3v) is 9.98. The molecule has 0 spiro atoms. The maximum Gasteiger partial charge on any atom is 0.243 e. The molecule has 2 aromatic carbocycles. The molecule has 33 heavy (non-hydrogen) atoms. The quantitative estimate of drug-likeness (QED) is 0.468. The smallest absolute Gasteiger partial charge is 0.243 e. The Hall–Kier alpha value is -1.94. The number of aromatic nitrogens is 1. The van der Waals surface area contributed by atoms with Gasteiger partial charge < -0.3 is 5.32 Å². The topological polar surface area (TPSA) is 79.4 Å². The van der Waals surface area contributed by atoms with E-state index < -0.39 is 10.0 Å². The van der Waals surface area contributed by atoms with Crippen LogP contribution in [0.5, 0.6) is 0 Å². The Bertz CT molecular complexity index is 1260. The second kappa shape index (κ2) is 10.1. The van der Waals surface area contributed by atoms with Crippen molar-refractivity contribution in [1.82, 2.24) is 14.6 Å². The van der Waals surface area contributed by atoms with Crippen LogP contribution in [0.15, 0.2) is 39.6 Å². The lowest BCUT2D eigenvalue weighted by atomic mass is 10.00. The summed E-state index contributed by atoms with van der Waals surface area (Å²) < 4.78 is 29.1. The van der Waals surface area contributed by atoms with Crippen molar-refractivity contribution in [3.8, 4) is 0 Å². The number of carbonyl (C=O) groups is 1. The highest BCUT2D eigenvalue weighted by atomic mass is 32.2. The molecule has 0 radical (unpaired) electrons. The number of nitrogens with zero attached hydrogens (tertiary/aromatic N) is 2. The van der Waals surface area contributed by atoms with Crippen LogP contribution in [-0.4, -0.2) is 42.5 Å². The van der Waals surface area contributed by atoms with Gasteiger partial charge in [-0.05, 0) is 68.5 Å².